The molecule has 0 radical (unpaired) electrons. The highest BCUT2D eigenvalue weighted by Gasteiger charge is 2.50. The number of amides is 1. The summed E-state index contributed by atoms with van der Waals surface area (Å²) >= 11 is 6.05. The highest BCUT2D eigenvalue weighted by molar-refractivity contribution is 6.31. The van der Waals surface area contributed by atoms with Crippen molar-refractivity contribution in [1.29, 1.82) is 0 Å². The molecule has 4 rings (SSSR count). The molecule has 9 nitrogen and oxygen atoms in total. The highest BCUT2D eigenvalue weighted by atomic mass is 35.5. The molecule has 1 aliphatic rings. The smallest absolute Gasteiger partial charge is 0.269 e. The molecule has 0 aliphatic carbocycles. The van der Waals surface area contributed by atoms with E-state index in [0.29, 0.717) is 22.1 Å². The van der Waals surface area contributed by atoms with Gasteiger partial charge in [0.2, 0.25) is 5.60 Å². The van der Waals surface area contributed by atoms with E-state index in [2.05, 4.69) is 10.4 Å². The lowest BCUT2D eigenvalue weighted by atomic mass is 9.87. The Kier molecular flexibility index (Phi) is 3.88. The summed E-state index contributed by atoms with van der Waals surface area (Å²) in [4.78, 5) is 23.0. The fourth-order valence-corrected chi connectivity index (χ4v) is 3.58. The Balaban J connectivity index is 1.88. The number of nitrogens with one attached hydrogen (secondary N) is 1. The van der Waals surface area contributed by atoms with Gasteiger partial charge in [-0.2, -0.15) is 5.10 Å². The first-order chi connectivity index (χ1) is 13.2. The largest absolute Gasteiger partial charge is 0.383 e. The summed E-state index contributed by atoms with van der Waals surface area (Å²) in [6, 6.07) is 10.3. The zero-order valence-corrected chi connectivity index (χ0v) is 15.3. The quantitative estimate of drug-likeness (QED) is 0.457. The maximum atomic E-state index is 12.7. The van der Waals surface area contributed by atoms with E-state index in [-0.39, 0.29) is 22.6 Å². The predicted molar refractivity (Wildman–Crippen MR) is 102 cm³/mol. The lowest BCUT2D eigenvalue weighted by molar-refractivity contribution is -0.384. The fourth-order valence-electron chi connectivity index (χ4n) is 3.41. The summed E-state index contributed by atoms with van der Waals surface area (Å²) in [5, 5.41) is 29.5. The predicted octanol–water partition coefficient (Wildman–Crippen LogP) is 2.51. The van der Waals surface area contributed by atoms with Gasteiger partial charge in [-0.3, -0.25) is 14.9 Å². The minimum Gasteiger partial charge on any atom is -0.383 e. The van der Waals surface area contributed by atoms with Crippen LogP contribution in [0.5, 0.6) is 0 Å². The summed E-state index contributed by atoms with van der Waals surface area (Å²) < 4.78 is 1.32. The van der Waals surface area contributed by atoms with Gasteiger partial charge in [-0.1, -0.05) is 11.6 Å². The molecule has 10 heteroatoms. The number of nitro benzene ring substituents is 1. The monoisotopic (exact) mass is 399 g/mol. The average molecular weight is 400 g/mol. The molecule has 0 saturated carbocycles. The molecule has 4 N–H and O–H groups in total. The van der Waals surface area contributed by atoms with E-state index in [1.54, 1.807) is 19.1 Å². The topological polar surface area (TPSA) is 136 Å². The van der Waals surface area contributed by atoms with Gasteiger partial charge < -0.3 is 16.2 Å². The van der Waals surface area contributed by atoms with Crippen LogP contribution in [0.1, 0.15) is 16.8 Å². The van der Waals surface area contributed by atoms with E-state index in [4.69, 9.17) is 17.3 Å². The maximum absolute atomic E-state index is 12.7. The number of benzene rings is 2. The number of non-ortho nitro benzene ring substituents is 1. The fraction of sp³-hybridized carbons (Fsp3) is 0.111. The Bertz CT molecular complexity index is 1140. The van der Waals surface area contributed by atoms with Crippen LogP contribution in [-0.4, -0.2) is 25.7 Å². The Morgan fingerprint density at radius 1 is 1.29 bits per heavy atom. The van der Waals surface area contributed by atoms with Crippen molar-refractivity contribution in [3.63, 3.8) is 0 Å². The number of rotatable bonds is 3. The molecule has 3 aromatic rings. The molecule has 142 valence electrons. The van der Waals surface area contributed by atoms with Crippen LogP contribution in [0, 0.1) is 17.0 Å². The van der Waals surface area contributed by atoms with Gasteiger partial charge in [0.1, 0.15) is 5.82 Å². The van der Waals surface area contributed by atoms with Crippen molar-refractivity contribution in [2.45, 2.75) is 12.5 Å². The van der Waals surface area contributed by atoms with Crippen LogP contribution in [0.3, 0.4) is 0 Å². The summed E-state index contributed by atoms with van der Waals surface area (Å²) in [5.74, 6) is -0.625. The molecule has 1 amide bonds. The number of hydrogen-bond acceptors (Lipinski definition) is 6. The molecular formula is C18H14ClN5O4. The molecule has 28 heavy (non-hydrogen) atoms. The number of aryl methyl sites for hydroxylation is 1. The third kappa shape index (κ3) is 2.44. The van der Waals surface area contributed by atoms with Gasteiger partial charge >= 0.3 is 0 Å². The summed E-state index contributed by atoms with van der Waals surface area (Å²) in [7, 11) is 0. The first kappa shape index (κ1) is 18.0. The van der Waals surface area contributed by atoms with Crippen LogP contribution >= 0.6 is 11.6 Å². The maximum Gasteiger partial charge on any atom is 0.269 e. The minimum atomic E-state index is -2.06. The van der Waals surface area contributed by atoms with Crippen LogP contribution in [-0.2, 0) is 10.4 Å². The van der Waals surface area contributed by atoms with Crippen LogP contribution in [0.4, 0.5) is 17.2 Å². The number of carbonyl (C=O) groups is 1. The van der Waals surface area contributed by atoms with Crippen molar-refractivity contribution in [2.75, 3.05) is 11.1 Å². The van der Waals surface area contributed by atoms with Gasteiger partial charge in [0, 0.05) is 28.4 Å². The van der Waals surface area contributed by atoms with Crippen LogP contribution < -0.4 is 11.1 Å². The molecule has 1 aliphatic heterocycles. The number of nitro groups is 1. The number of nitrogens with two attached hydrogens (primary N) is 1. The molecule has 1 unspecified atom stereocenters. The normalized spacial score (nSPS) is 18.0. The van der Waals surface area contributed by atoms with Crippen molar-refractivity contribution >= 4 is 34.7 Å². The first-order valence-electron chi connectivity index (χ1n) is 8.17. The van der Waals surface area contributed by atoms with Gasteiger partial charge in [0.05, 0.1) is 21.9 Å². The van der Waals surface area contributed by atoms with E-state index < -0.39 is 16.4 Å². The number of nitrogens with zero attached hydrogens (tertiary/aromatic N) is 3. The SMILES string of the molecule is Cc1nn(-c2ccc([N+](=O)[O-])cc2)c(N)c1C1(O)C(=O)Nc2ccc(Cl)cc21. The zero-order valence-electron chi connectivity index (χ0n) is 14.5. The van der Waals surface area contributed by atoms with Crippen LogP contribution in [0.25, 0.3) is 5.69 Å². The highest BCUT2D eigenvalue weighted by Crippen LogP contribution is 2.45. The van der Waals surface area contributed by atoms with Crippen LogP contribution in [0.15, 0.2) is 42.5 Å². The number of fused-ring (bicyclic) bond motifs is 1. The standard InChI is InChI=1S/C18H14ClN5O4/c1-9-15(18(26)13-8-10(19)2-7-14(13)21-17(18)25)16(20)23(22-9)11-3-5-12(6-4-11)24(27)28/h2-8,26H,20H2,1H3,(H,21,25). The Morgan fingerprint density at radius 2 is 1.96 bits per heavy atom. The van der Waals surface area contributed by atoms with E-state index in [0.717, 1.165) is 0 Å². The van der Waals surface area contributed by atoms with Gasteiger partial charge in [-0.15, -0.1) is 0 Å². The molecule has 0 bridgehead atoms. The molecular weight excluding hydrogens is 386 g/mol. The number of aliphatic hydroxyl groups is 1. The van der Waals surface area contributed by atoms with Gasteiger partial charge in [-0.05, 0) is 37.3 Å². The number of nitrogen functional groups attached to an aromatic ring is 1. The number of anilines is 2. The van der Waals surface area contributed by atoms with Gasteiger partial charge in [-0.25, -0.2) is 4.68 Å². The molecule has 2 aromatic carbocycles. The summed E-state index contributed by atoms with van der Waals surface area (Å²) in [6.07, 6.45) is 0. The van der Waals surface area contributed by atoms with E-state index in [1.165, 1.54) is 35.0 Å². The molecule has 0 saturated heterocycles. The van der Waals surface area contributed by atoms with Crippen molar-refractivity contribution in [2.24, 2.45) is 0 Å². The Morgan fingerprint density at radius 3 is 2.61 bits per heavy atom. The summed E-state index contributed by atoms with van der Waals surface area (Å²) in [6.45, 7) is 1.61. The zero-order chi connectivity index (χ0) is 20.2. The second kappa shape index (κ2) is 6.04. The molecule has 1 aromatic heterocycles. The van der Waals surface area contributed by atoms with Gasteiger partial charge in [0.25, 0.3) is 11.6 Å². The van der Waals surface area contributed by atoms with Crippen LogP contribution in [0.2, 0.25) is 5.02 Å². The van der Waals surface area contributed by atoms with Gasteiger partial charge in [0.15, 0.2) is 0 Å². The second-order valence-electron chi connectivity index (χ2n) is 6.39. The number of hydrogen-bond donors (Lipinski definition) is 3. The van der Waals surface area contributed by atoms with E-state index >= 15 is 0 Å². The van der Waals surface area contributed by atoms with E-state index in [1.807, 2.05) is 0 Å². The molecule has 0 spiro atoms. The minimum absolute atomic E-state index is 0.0387. The lowest BCUT2D eigenvalue weighted by Gasteiger charge is -2.21. The van der Waals surface area contributed by atoms with E-state index in [9.17, 15) is 20.0 Å². The van der Waals surface area contributed by atoms with Crippen molar-refractivity contribution in [3.05, 3.63) is 74.4 Å². The third-order valence-corrected chi connectivity index (χ3v) is 4.95. The summed E-state index contributed by atoms with van der Waals surface area (Å²) in [5.41, 5.74) is 5.73. The molecule has 2 heterocycles. The third-order valence-electron chi connectivity index (χ3n) is 4.71. The first-order valence-corrected chi connectivity index (χ1v) is 8.55. The number of carbonyl (C=O) groups excluding carboxylic acids is 1. The average Bonchev–Trinajstić information content (AvgIpc) is 3.09. The molecule has 0 fully saturated rings. The molecule has 1 atom stereocenters. The number of halogens is 1. The lowest BCUT2D eigenvalue weighted by Crippen LogP contribution is -2.36. The Hall–Kier alpha value is -3.43. The Labute approximate surface area is 163 Å². The second-order valence-corrected chi connectivity index (χ2v) is 6.82. The van der Waals surface area contributed by atoms with Crippen molar-refractivity contribution < 1.29 is 14.8 Å². The number of aromatic nitrogens is 2. The van der Waals surface area contributed by atoms with Crippen molar-refractivity contribution in [3.8, 4) is 5.69 Å². The van der Waals surface area contributed by atoms with Crippen molar-refractivity contribution in [1.82, 2.24) is 9.78 Å².